The van der Waals surface area contributed by atoms with Gasteiger partial charge in [-0.2, -0.15) is 0 Å². The zero-order chi connectivity index (χ0) is 12.2. The first-order chi connectivity index (χ1) is 7.44. The highest BCUT2D eigenvalue weighted by atomic mass is 35.5. The molecule has 0 saturated heterocycles. The summed E-state index contributed by atoms with van der Waals surface area (Å²) in [6, 6.07) is 5.03. The van der Waals surface area contributed by atoms with Gasteiger partial charge in [-0.1, -0.05) is 30.1 Å². The number of hydrogen-bond donors (Lipinski definition) is 1. The summed E-state index contributed by atoms with van der Waals surface area (Å²) in [4.78, 5) is 0. The second kappa shape index (κ2) is 5.75. The molecular weight excluding hydrogens is 269 g/mol. The highest BCUT2D eigenvalue weighted by Crippen LogP contribution is 2.24. The second-order valence-corrected chi connectivity index (χ2v) is 6.60. The summed E-state index contributed by atoms with van der Waals surface area (Å²) in [5, 5.41) is 4.00. The summed E-state index contributed by atoms with van der Waals surface area (Å²) in [5.41, 5.74) is 0.692. The monoisotopic (exact) mass is 281 g/mol. The van der Waals surface area contributed by atoms with Gasteiger partial charge in [-0.15, -0.1) is 0 Å². The smallest absolute Gasteiger partial charge is 0.151 e. The first kappa shape index (κ1) is 13.6. The van der Waals surface area contributed by atoms with Crippen LogP contribution < -0.4 is 5.32 Å². The molecule has 0 aliphatic rings. The maximum absolute atomic E-state index is 11.2. The molecule has 0 atom stereocenters. The summed E-state index contributed by atoms with van der Waals surface area (Å²) >= 11 is 11.7. The SMILES string of the molecule is CCS(=O)(=O)CCNc1ccc(Cl)cc1Cl. The van der Waals surface area contributed by atoms with E-state index < -0.39 is 9.84 Å². The van der Waals surface area contributed by atoms with Crippen molar-refractivity contribution in [3.63, 3.8) is 0 Å². The molecule has 0 radical (unpaired) electrons. The van der Waals surface area contributed by atoms with Crippen LogP contribution in [0, 0.1) is 0 Å². The molecule has 0 saturated carbocycles. The Hall–Kier alpha value is -0.450. The van der Waals surface area contributed by atoms with Crippen molar-refractivity contribution in [2.75, 3.05) is 23.4 Å². The molecule has 0 spiro atoms. The topological polar surface area (TPSA) is 46.2 Å². The predicted octanol–water partition coefficient (Wildman–Crippen LogP) is 2.84. The number of anilines is 1. The molecule has 0 amide bonds. The Balaban J connectivity index is 2.56. The van der Waals surface area contributed by atoms with E-state index >= 15 is 0 Å². The van der Waals surface area contributed by atoms with Crippen LogP contribution in [0.2, 0.25) is 10.0 Å². The van der Waals surface area contributed by atoms with E-state index in [4.69, 9.17) is 23.2 Å². The largest absolute Gasteiger partial charge is 0.383 e. The van der Waals surface area contributed by atoms with E-state index in [0.29, 0.717) is 22.3 Å². The van der Waals surface area contributed by atoms with Gasteiger partial charge in [-0.3, -0.25) is 0 Å². The van der Waals surface area contributed by atoms with E-state index in [-0.39, 0.29) is 11.5 Å². The molecule has 1 N–H and O–H groups in total. The molecule has 0 aliphatic carbocycles. The second-order valence-electron chi connectivity index (χ2n) is 3.29. The number of sulfone groups is 1. The first-order valence-corrected chi connectivity index (χ1v) is 7.41. The van der Waals surface area contributed by atoms with E-state index in [1.54, 1.807) is 25.1 Å². The number of halogens is 2. The van der Waals surface area contributed by atoms with E-state index in [1.807, 2.05) is 0 Å². The Bertz CT molecular complexity index is 460. The summed E-state index contributed by atoms with van der Waals surface area (Å²) < 4.78 is 22.5. The van der Waals surface area contributed by atoms with Crippen molar-refractivity contribution < 1.29 is 8.42 Å². The molecule has 1 rings (SSSR count). The molecular formula is C10H13Cl2NO2S. The van der Waals surface area contributed by atoms with Crippen LogP contribution in [-0.4, -0.2) is 26.5 Å². The van der Waals surface area contributed by atoms with Gasteiger partial charge in [-0.05, 0) is 18.2 Å². The molecule has 16 heavy (non-hydrogen) atoms. The first-order valence-electron chi connectivity index (χ1n) is 4.84. The van der Waals surface area contributed by atoms with Crippen LogP contribution in [0.15, 0.2) is 18.2 Å². The van der Waals surface area contributed by atoms with Crippen LogP contribution in [-0.2, 0) is 9.84 Å². The average molecular weight is 282 g/mol. The van der Waals surface area contributed by atoms with E-state index in [1.165, 1.54) is 0 Å². The van der Waals surface area contributed by atoms with Crippen LogP contribution >= 0.6 is 23.2 Å². The standard InChI is InChI=1S/C10H13Cl2NO2S/c1-2-16(14,15)6-5-13-10-4-3-8(11)7-9(10)12/h3-4,7,13H,2,5-6H2,1H3. The van der Waals surface area contributed by atoms with Crippen molar-refractivity contribution in [1.29, 1.82) is 0 Å². The Kier molecular flexibility index (Phi) is 4.89. The van der Waals surface area contributed by atoms with Crippen molar-refractivity contribution in [1.82, 2.24) is 0 Å². The third kappa shape index (κ3) is 4.20. The molecule has 6 heteroatoms. The fourth-order valence-electron chi connectivity index (χ4n) is 1.12. The molecule has 0 aliphatic heterocycles. The molecule has 0 unspecified atom stereocenters. The van der Waals surface area contributed by atoms with E-state index in [9.17, 15) is 8.42 Å². The molecule has 1 aromatic rings. The number of rotatable bonds is 5. The third-order valence-corrected chi connectivity index (χ3v) is 4.35. The Morgan fingerprint density at radius 1 is 1.31 bits per heavy atom. The summed E-state index contributed by atoms with van der Waals surface area (Å²) in [6.45, 7) is 1.97. The molecule has 1 aromatic carbocycles. The minimum absolute atomic E-state index is 0.0997. The van der Waals surface area contributed by atoms with Gasteiger partial charge in [0.25, 0.3) is 0 Å². The van der Waals surface area contributed by atoms with Crippen molar-refractivity contribution in [2.45, 2.75) is 6.92 Å². The van der Waals surface area contributed by atoms with Crippen molar-refractivity contribution in [3.8, 4) is 0 Å². The third-order valence-electron chi connectivity index (χ3n) is 2.10. The minimum atomic E-state index is -2.94. The van der Waals surface area contributed by atoms with Crippen molar-refractivity contribution >= 4 is 38.7 Å². The number of benzene rings is 1. The number of nitrogens with one attached hydrogen (secondary N) is 1. The summed E-state index contributed by atoms with van der Waals surface area (Å²) in [5.74, 6) is 0.255. The van der Waals surface area contributed by atoms with Gasteiger partial charge in [0.2, 0.25) is 0 Å². The predicted molar refractivity (Wildman–Crippen MR) is 69.3 cm³/mol. The molecule has 0 bridgehead atoms. The van der Waals surface area contributed by atoms with Crippen LogP contribution in [0.4, 0.5) is 5.69 Å². The van der Waals surface area contributed by atoms with Gasteiger partial charge in [0.15, 0.2) is 9.84 Å². The average Bonchev–Trinajstić information content (AvgIpc) is 2.21. The van der Waals surface area contributed by atoms with Crippen LogP contribution in [0.25, 0.3) is 0 Å². The minimum Gasteiger partial charge on any atom is -0.383 e. The summed E-state index contributed by atoms with van der Waals surface area (Å²) in [6.07, 6.45) is 0. The Morgan fingerprint density at radius 2 is 2.00 bits per heavy atom. The molecule has 3 nitrogen and oxygen atoms in total. The number of hydrogen-bond acceptors (Lipinski definition) is 3. The van der Waals surface area contributed by atoms with E-state index in [2.05, 4.69) is 5.32 Å². The van der Waals surface area contributed by atoms with Gasteiger partial charge in [0.1, 0.15) is 0 Å². The van der Waals surface area contributed by atoms with Crippen LogP contribution in [0.3, 0.4) is 0 Å². The normalized spacial score (nSPS) is 11.4. The van der Waals surface area contributed by atoms with Gasteiger partial charge in [-0.25, -0.2) is 8.42 Å². The van der Waals surface area contributed by atoms with Gasteiger partial charge in [0, 0.05) is 17.3 Å². The van der Waals surface area contributed by atoms with Crippen LogP contribution in [0.5, 0.6) is 0 Å². The molecule has 0 fully saturated rings. The zero-order valence-electron chi connectivity index (χ0n) is 8.83. The van der Waals surface area contributed by atoms with Gasteiger partial charge >= 0.3 is 0 Å². The van der Waals surface area contributed by atoms with Crippen LogP contribution in [0.1, 0.15) is 6.92 Å². The highest BCUT2D eigenvalue weighted by molar-refractivity contribution is 7.91. The molecule has 0 heterocycles. The van der Waals surface area contributed by atoms with Gasteiger partial charge < -0.3 is 5.32 Å². The van der Waals surface area contributed by atoms with Crippen molar-refractivity contribution in [2.24, 2.45) is 0 Å². The lowest BCUT2D eigenvalue weighted by molar-refractivity contribution is 0.597. The molecule has 90 valence electrons. The van der Waals surface area contributed by atoms with Gasteiger partial charge in [0.05, 0.1) is 16.5 Å². The van der Waals surface area contributed by atoms with E-state index in [0.717, 1.165) is 0 Å². The maximum atomic E-state index is 11.2. The zero-order valence-corrected chi connectivity index (χ0v) is 11.2. The fourth-order valence-corrected chi connectivity index (χ4v) is 2.30. The van der Waals surface area contributed by atoms with Crippen molar-refractivity contribution in [3.05, 3.63) is 28.2 Å². The summed E-state index contributed by atoms with van der Waals surface area (Å²) in [7, 11) is -2.94. The highest BCUT2D eigenvalue weighted by Gasteiger charge is 2.07. The Labute approximate surface area is 106 Å². The Morgan fingerprint density at radius 3 is 2.56 bits per heavy atom. The maximum Gasteiger partial charge on any atom is 0.151 e. The molecule has 0 aromatic heterocycles. The lowest BCUT2D eigenvalue weighted by atomic mass is 10.3. The lowest BCUT2D eigenvalue weighted by Gasteiger charge is -2.08. The fraction of sp³-hybridized carbons (Fsp3) is 0.400. The lowest BCUT2D eigenvalue weighted by Crippen LogP contribution is -2.17. The quantitative estimate of drug-likeness (QED) is 0.903.